The van der Waals surface area contributed by atoms with Crippen LogP contribution < -0.4 is 9.64 Å². The first-order valence-corrected chi connectivity index (χ1v) is 11.5. The number of fused-ring (bicyclic) bond motifs is 1. The SMILES string of the molecule is Cc1ccc(Oc2ccc(N3C(=O)c4ccc(C(=O)OCC(=O)C(C)(C)C)cc4C3=O)cc2)cc1C. The Morgan fingerprint density at radius 2 is 1.42 bits per heavy atom. The number of ketones is 1. The number of esters is 1. The predicted octanol–water partition coefficient (Wildman–Crippen LogP) is 5.67. The Kier molecular flexibility index (Phi) is 6.50. The number of hydrogen-bond donors (Lipinski definition) is 0. The summed E-state index contributed by atoms with van der Waals surface area (Å²) in [6.07, 6.45) is 0. The van der Waals surface area contributed by atoms with Crippen LogP contribution in [0, 0.1) is 19.3 Å². The lowest BCUT2D eigenvalue weighted by Gasteiger charge is -2.16. The molecule has 2 amide bonds. The minimum atomic E-state index is -0.734. The van der Waals surface area contributed by atoms with Gasteiger partial charge in [-0.05, 0) is 79.6 Å². The number of Topliss-reactive ketones (excluding diaryl/α,β-unsaturated/α-hetero) is 1. The average molecular weight is 486 g/mol. The third kappa shape index (κ3) is 4.91. The molecule has 0 radical (unpaired) electrons. The first kappa shape index (κ1) is 24.9. The number of hydrogen-bond acceptors (Lipinski definition) is 6. The van der Waals surface area contributed by atoms with Crippen molar-refractivity contribution in [3.05, 3.63) is 88.5 Å². The van der Waals surface area contributed by atoms with Gasteiger partial charge in [0.15, 0.2) is 12.4 Å². The molecule has 0 unspecified atom stereocenters. The molecule has 0 fully saturated rings. The van der Waals surface area contributed by atoms with Crippen LogP contribution in [0.3, 0.4) is 0 Å². The van der Waals surface area contributed by atoms with Crippen molar-refractivity contribution in [2.75, 3.05) is 11.5 Å². The number of amides is 2. The van der Waals surface area contributed by atoms with Gasteiger partial charge in [0.25, 0.3) is 11.8 Å². The molecule has 0 N–H and O–H groups in total. The van der Waals surface area contributed by atoms with Crippen LogP contribution in [0.2, 0.25) is 0 Å². The summed E-state index contributed by atoms with van der Waals surface area (Å²) < 4.78 is 11.0. The summed E-state index contributed by atoms with van der Waals surface area (Å²) in [5, 5.41) is 0. The molecule has 0 aliphatic carbocycles. The van der Waals surface area contributed by atoms with Gasteiger partial charge in [0.2, 0.25) is 0 Å². The van der Waals surface area contributed by atoms with Gasteiger partial charge >= 0.3 is 5.97 Å². The van der Waals surface area contributed by atoms with Gasteiger partial charge in [-0.1, -0.05) is 26.8 Å². The molecule has 0 aromatic heterocycles. The van der Waals surface area contributed by atoms with Crippen LogP contribution in [0.4, 0.5) is 5.69 Å². The number of benzene rings is 3. The summed E-state index contributed by atoms with van der Waals surface area (Å²) in [7, 11) is 0. The highest BCUT2D eigenvalue weighted by atomic mass is 16.5. The van der Waals surface area contributed by atoms with Gasteiger partial charge in [-0.15, -0.1) is 0 Å². The maximum Gasteiger partial charge on any atom is 0.338 e. The normalized spacial score (nSPS) is 13.0. The molecule has 0 atom stereocenters. The summed E-state index contributed by atoms with van der Waals surface area (Å²) in [5.74, 6) is -0.733. The Labute approximate surface area is 209 Å². The zero-order chi connectivity index (χ0) is 26.2. The summed E-state index contributed by atoms with van der Waals surface area (Å²) >= 11 is 0. The van der Waals surface area contributed by atoms with Crippen molar-refractivity contribution < 1.29 is 28.7 Å². The van der Waals surface area contributed by atoms with Crippen molar-refractivity contribution in [2.45, 2.75) is 34.6 Å². The van der Waals surface area contributed by atoms with E-state index in [0.717, 1.165) is 16.0 Å². The molecule has 4 rings (SSSR count). The standard InChI is InChI=1S/C29H27NO6/c1-17-6-10-22(14-18(17)2)36-21-11-8-20(9-12-21)30-26(32)23-13-7-19(15-24(23)27(30)33)28(34)35-16-25(31)29(3,4)5/h6-15H,16H2,1-5H3. The fourth-order valence-corrected chi connectivity index (χ4v) is 3.61. The zero-order valence-electron chi connectivity index (χ0n) is 20.9. The Bertz CT molecular complexity index is 1380. The molecule has 1 aliphatic heterocycles. The molecule has 0 spiro atoms. The molecule has 36 heavy (non-hydrogen) atoms. The summed E-state index contributed by atoms with van der Waals surface area (Å²) in [6.45, 7) is 8.87. The minimum absolute atomic E-state index is 0.0931. The van der Waals surface area contributed by atoms with Gasteiger partial charge < -0.3 is 9.47 Å². The topological polar surface area (TPSA) is 90.0 Å². The fourth-order valence-electron chi connectivity index (χ4n) is 3.61. The molecule has 7 nitrogen and oxygen atoms in total. The Hall–Kier alpha value is -4.26. The van der Waals surface area contributed by atoms with E-state index in [1.54, 1.807) is 45.0 Å². The lowest BCUT2D eigenvalue weighted by atomic mass is 9.91. The highest BCUT2D eigenvalue weighted by molar-refractivity contribution is 6.34. The van der Waals surface area contributed by atoms with Gasteiger partial charge in [-0.2, -0.15) is 0 Å². The van der Waals surface area contributed by atoms with Gasteiger partial charge in [-0.25, -0.2) is 9.69 Å². The molecule has 3 aromatic carbocycles. The first-order chi connectivity index (χ1) is 17.0. The molecule has 0 saturated heterocycles. The number of carbonyl (C=O) groups is 4. The van der Waals surface area contributed by atoms with E-state index >= 15 is 0 Å². The van der Waals surface area contributed by atoms with Gasteiger partial charge in [0, 0.05) is 5.41 Å². The van der Waals surface area contributed by atoms with E-state index in [1.807, 2.05) is 32.0 Å². The van der Waals surface area contributed by atoms with Crippen molar-refractivity contribution >= 4 is 29.3 Å². The summed E-state index contributed by atoms with van der Waals surface area (Å²) in [6, 6.07) is 16.6. The molecule has 184 valence electrons. The van der Waals surface area contributed by atoms with Gasteiger partial charge in [0.1, 0.15) is 11.5 Å². The van der Waals surface area contributed by atoms with E-state index in [0.29, 0.717) is 17.2 Å². The Balaban J connectivity index is 1.49. The second-order valence-corrected chi connectivity index (χ2v) is 9.80. The molecular weight excluding hydrogens is 458 g/mol. The van der Waals surface area contributed by atoms with Crippen molar-refractivity contribution in [2.24, 2.45) is 5.41 Å². The smallest absolute Gasteiger partial charge is 0.338 e. The molecular formula is C29H27NO6. The van der Waals surface area contributed by atoms with E-state index in [4.69, 9.17) is 9.47 Å². The highest BCUT2D eigenvalue weighted by Gasteiger charge is 2.37. The fraction of sp³-hybridized carbons (Fsp3) is 0.241. The molecule has 0 bridgehead atoms. The third-order valence-corrected chi connectivity index (χ3v) is 6.10. The predicted molar refractivity (Wildman–Crippen MR) is 135 cm³/mol. The minimum Gasteiger partial charge on any atom is -0.457 e. The van der Waals surface area contributed by atoms with Crippen molar-refractivity contribution in [3.63, 3.8) is 0 Å². The second kappa shape index (κ2) is 9.41. The number of carbonyl (C=O) groups excluding carboxylic acids is 4. The average Bonchev–Trinajstić information content (AvgIpc) is 3.09. The van der Waals surface area contributed by atoms with Crippen molar-refractivity contribution in [1.29, 1.82) is 0 Å². The number of ether oxygens (including phenoxy) is 2. The van der Waals surface area contributed by atoms with Crippen molar-refractivity contribution in [1.82, 2.24) is 0 Å². The largest absolute Gasteiger partial charge is 0.457 e. The quantitative estimate of drug-likeness (QED) is 0.330. The first-order valence-electron chi connectivity index (χ1n) is 11.5. The molecule has 1 aliphatic rings. The van der Waals surface area contributed by atoms with E-state index in [9.17, 15) is 19.2 Å². The molecule has 1 heterocycles. The highest BCUT2D eigenvalue weighted by Crippen LogP contribution is 2.32. The van der Waals surface area contributed by atoms with Crippen LogP contribution in [-0.2, 0) is 9.53 Å². The number of aryl methyl sites for hydroxylation is 2. The Morgan fingerprint density at radius 3 is 2.06 bits per heavy atom. The van der Waals surface area contributed by atoms with E-state index < -0.39 is 23.2 Å². The maximum absolute atomic E-state index is 13.1. The summed E-state index contributed by atoms with van der Waals surface area (Å²) in [4.78, 5) is 51.6. The summed E-state index contributed by atoms with van der Waals surface area (Å²) in [5.41, 5.74) is 2.41. The van der Waals surface area contributed by atoms with E-state index in [-0.39, 0.29) is 29.1 Å². The second-order valence-electron chi connectivity index (χ2n) is 9.80. The van der Waals surface area contributed by atoms with Crippen LogP contribution >= 0.6 is 0 Å². The monoisotopic (exact) mass is 485 g/mol. The lowest BCUT2D eigenvalue weighted by molar-refractivity contribution is -0.129. The van der Waals surface area contributed by atoms with Crippen LogP contribution in [-0.4, -0.2) is 30.2 Å². The molecule has 0 saturated carbocycles. The van der Waals surface area contributed by atoms with E-state index in [1.165, 1.54) is 18.2 Å². The van der Waals surface area contributed by atoms with Crippen LogP contribution in [0.15, 0.2) is 60.7 Å². The van der Waals surface area contributed by atoms with Crippen LogP contribution in [0.1, 0.15) is 63.0 Å². The van der Waals surface area contributed by atoms with Crippen molar-refractivity contribution in [3.8, 4) is 11.5 Å². The molecule has 3 aromatic rings. The van der Waals surface area contributed by atoms with Crippen LogP contribution in [0.25, 0.3) is 0 Å². The van der Waals surface area contributed by atoms with Gasteiger partial charge in [0.05, 0.1) is 22.4 Å². The third-order valence-electron chi connectivity index (χ3n) is 6.10. The maximum atomic E-state index is 13.1. The number of rotatable bonds is 6. The number of nitrogens with zero attached hydrogens (tertiary/aromatic N) is 1. The zero-order valence-corrected chi connectivity index (χ0v) is 20.9. The van der Waals surface area contributed by atoms with Crippen LogP contribution in [0.5, 0.6) is 11.5 Å². The number of imide groups is 1. The molecule has 7 heteroatoms. The lowest BCUT2D eigenvalue weighted by Crippen LogP contribution is -2.29. The van der Waals surface area contributed by atoms with E-state index in [2.05, 4.69) is 0 Å². The number of anilines is 1. The Morgan fingerprint density at radius 1 is 0.778 bits per heavy atom. The van der Waals surface area contributed by atoms with Gasteiger partial charge in [-0.3, -0.25) is 14.4 Å².